The highest BCUT2D eigenvalue weighted by molar-refractivity contribution is 7.96. The molecule has 2 N–H and O–H groups in total. The molecule has 0 saturated heterocycles. The monoisotopic (exact) mass is 329 g/mol. The van der Waals surface area contributed by atoms with Gasteiger partial charge < -0.3 is 5.32 Å². The van der Waals surface area contributed by atoms with Crippen LogP contribution in [0.2, 0.25) is 0 Å². The first-order valence-corrected chi connectivity index (χ1v) is 9.06. The molecule has 4 rings (SSSR count). The van der Waals surface area contributed by atoms with Gasteiger partial charge in [0.05, 0.1) is 12.0 Å². The first kappa shape index (κ1) is 16.6. The fourth-order valence-corrected chi connectivity index (χ4v) is 5.70. The van der Waals surface area contributed by atoms with Crippen LogP contribution in [0.15, 0.2) is 0 Å². The second kappa shape index (κ2) is 5.96. The van der Waals surface area contributed by atoms with Crippen LogP contribution in [0.4, 0.5) is 0 Å². The van der Waals surface area contributed by atoms with Gasteiger partial charge in [-0.1, -0.05) is 5.04 Å². The van der Waals surface area contributed by atoms with Crippen LogP contribution in [0.1, 0.15) is 59.3 Å². The van der Waals surface area contributed by atoms with Gasteiger partial charge in [-0.2, -0.15) is 0 Å². The van der Waals surface area contributed by atoms with Crippen LogP contribution in [0.5, 0.6) is 0 Å². The van der Waals surface area contributed by atoms with Gasteiger partial charge in [-0.15, -0.1) is 4.33 Å². The first-order valence-electron chi connectivity index (χ1n) is 8.31. The molecule has 0 radical (unpaired) electrons. The lowest BCUT2D eigenvalue weighted by Crippen LogP contribution is -2.57. The Kier molecular flexibility index (Phi) is 4.49. The molecule has 0 aromatic carbocycles. The van der Waals surface area contributed by atoms with E-state index < -0.39 is 4.75 Å². The van der Waals surface area contributed by atoms with Gasteiger partial charge in [0.25, 0.3) is 0 Å². The van der Waals surface area contributed by atoms with Crippen molar-refractivity contribution in [1.82, 2.24) is 5.32 Å². The van der Waals surface area contributed by atoms with Crippen LogP contribution in [0.3, 0.4) is 0 Å². The predicted octanol–water partition coefficient (Wildman–Crippen LogP) is 3.56. The lowest BCUT2D eigenvalue weighted by atomic mass is 9.48. The van der Waals surface area contributed by atoms with Crippen molar-refractivity contribution in [1.29, 1.82) is 0 Å². The SMILES string of the molecule is CC(NC(=O)C(C)(C)SOOO)C12CC3CC(CC(C3)C1)C2. The van der Waals surface area contributed by atoms with Crippen molar-refractivity contribution >= 4 is 17.9 Å². The fourth-order valence-electron chi connectivity index (χ4n) is 5.37. The maximum atomic E-state index is 12.5. The summed E-state index contributed by atoms with van der Waals surface area (Å²) in [5.41, 5.74) is 0.291. The Bertz CT molecular complexity index is 405. The van der Waals surface area contributed by atoms with E-state index in [2.05, 4.69) is 21.6 Å². The topological polar surface area (TPSA) is 67.8 Å². The molecule has 0 aliphatic heterocycles. The predicted molar refractivity (Wildman–Crippen MR) is 84.7 cm³/mol. The molecule has 6 heteroatoms. The van der Waals surface area contributed by atoms with E-state index in [0.717, 1.165) is 29.8 Å². The second-order valence-corrected chi connectivity index (χ2v) is 9.53. The van der Waals surface area contributed by atoms with Crippen LogP contribution in [-0.4, -0.2) is 22.0 Å². The van der Waals surface area contributed by atoms with Crippen molar-refractivity contribution in [2.24, 2.45) is 23.2 Å². The number of nitrogens with one attached hydrogen (secondary N) is 1. The maximum Gasteiger partial charge on any atom is 0.238 e. The minimum atomic E-state index is -0.806. The molecule has 4 aliphatic rings. The van der Waals surface area contributed by atoms with Crippen molar-refractivity contribution in [3.05, 3.63) is 0 Å². The lowest BCUT2D eigenvalue weighted by Gasteiger charge is -2.59. The summed E-state index contributed by atoms with van der Waals surface area (Å²) < 4.78 is 3.66. The van der Waals surface area contributed by atoms with Crippen molar-refractivity contribution in [2.75, 3.05) is 0 Å². The number of carbonyl (C=O) groups is 1. The van der Waals surface area contributed by atoms with Gasteiger partial charge in [-0.25, -0.2) is 5.26 Å². The van der Waals surface area contributed by atoms with Crippen LogP contribution < -0.4 is 5.32 Å². The number of hydrogen-bond donors (Lipinski definition) is 2. The average Bonchev–Trinajstić information content (AvgIpc) is 2.43. The normalized spacial score (nSPS) is 38.1. The van der Waals surface area contributed by atoms with Gasteiger partial charge >= 0.3 is 0 Å². The van der Waals surface area contributed by atoms with Crippen LogP contribution >= 0.6 is 12.0 Å². The molecule has 4 saturated carbocycles. The Labute approximate surface area is 136 Å². The van der Waals surface area contributed by atoms with Gasteiger partial charge in [0.1, 0.15) is 4.75 Å². The Morgan fingerprint density at radius 2 is 1.73 bits per heavy atom. The van der Waals surface area contributed by atoms with Crippen molar-refractivity contribution < 1.29 is 19.4 Å². The van der Waals surface area contributed by atoms with Gasteiger partial charge in [-0.05, 0) is 82.5 Å². The van der Waals surface area contributed by atoms with Gasteiger partial charge in [-0.3, -0.25) is 4.79 Å². The van der Waals surface area contributed by atoms with Crippen LogP contribution in [0.25, 0.3) is 0 Å². The van der Waals surface area contributed by atoms with Crippen molar-refractivity contribution in [3.8, 4) is 0 Å². The Hall–Kier alpha value is -0.300. The van der Waals surface area contributed by atoms with E-state index in [1.54, 1.807) is 13.8 Å². The third kappa shape index (κ3) is 3.03. The number of rotatable bonds is 6. The summed E-state index contributed by atoms with van der Waals surface area (Å²) >= 11 is 0.822. The molecule has 1 unspecified atom stereocenters. The summed E-state index contributed by atoms with van der Waals surface area (Å²) in [7, 11) is 0. The van der Waals surface area contributed by atoms with E-state index in [1.807, 2.05) is 0 Å². The molecule has 4 aliphatic carbocycles. The smallest absolute Gasteiger partial charge is 0.238 e. The minimum Gasteiger partial charge on any atom is -0.352 e. The van der Waals surface area contributed by atoms with E-state index >= 15 is 0 Å². The zero-order valence-corrected chi connectivity index (χ0v) is 14.4. The highest BCUT2D eigenvalue weighted by Gasteiger charge is 2.53. The Morgan fingerprint density at radius 1 is 1.23 bits per heavy atom. The van der Waals surface area contributed by atoms with E-state index in [0.29, 0.717) is 5.41 Å². The fraction of sp³-hybridized carbons (Fsp3) is 0.938. The molecule has 0 aromatic rings. The Morgan fingerprint density at radius 3 is 2.18 bits per heavy atom. The van der Waals surface area contributed by atoms with E-state index in [1.165, 1.54) is 38.5 Å². The third-order valence-corrected chi connectivity index (χ3v) is 6.90. The number of amides is 1. The maximum absolute atomic E-state index is 12.5. The second-order valence-electron chi connectivity index (χ2n) is 8.21. The molecule has 4 fully saturated rings. The molecule has 0 aromatic heterocycles. The van der Waals surface area contributed by atoms with E-state index in [-0.39, 0.29) is 11.9 Å². The molecule has 0 heterocycles. The molecule has 1 atom stereocenters. The van der Waals surface area contributed by atoms with E-state index in [4.69, 9.17) is 5.26 Å². The molecule has 4 bridgehead atoms. The number of carbonyl (C=O) groups excluding carboxylic acids is 1. The van der Waals surface area contributed by atoms with Crippen LogP contribution in [-0.2, 0) is 14.2 Å². The van der Waals surface area contributed by atoms with E-state index in [9.17, 15) is 4.79 Å². The van der Waals surface area contributed by atoms with Crippen LogP contribution in [0, 0.1) is 23.2 Å². The van der Waals surface area contributed by atoms with Gasteiger partial charge in [0.15, 0.2) is 0 Å². The standard InChI is InChI=1S/C16H27NO4S/c1-10(17-14(18)15(2,3)22-21-20-19)16-7-11-4-12(8-16)6-13(5-11)9-16/h10-13,19H,4-9H2,1-3H3,(H,17,18). The molecule has 5 nitrogen and oxygen atoms in total. The summed E-state index contributed by atoms with van der Waals surface area (Å²) in [6.07, 6.45) is 8.02. The zero-order chi connectivity index (χ0) is 16.0. The zero-order valence-electron chi connectivity index (χ0n) is 13.6. The molecular formula is C16H27NO4S. The largest absolute Gasteiger partial charge is 0.352 e. The minimum absolute atomic E-state index is 0.0715. The summed E-state index contributed by atoms with van der Waals surface area (Å²) in [5.74, 6) is 2.55. The highest BCUT2D eigenvalue weighted by Crippen LogP contribution is 2.61. The third-order valence-electron chi connectivity index (χ3n) is 6.17. The summed E-state index contributed by atoms with van der Waals surface area (Å²) in [5, 5.41) is 15.1. The Balaban J connectivity index is 1.64. The molecule has 22 heavy (non-hydrogen) atoms. The molecule has 0 spiro atoms. The molecular weight excluding hydrogens is 302 g/mol. The number of hydrogen-bond acceptors (Lipinski definition) is 5. The quantitative estimate of drug-likeness (QED) is 0.443. The first-order chi connectivity index (χ1) is 10.3. The van der Waals surface area contributed by atoms with Gasteiger partial charge in [0.2, 0.25) is 5.91 Å². The molecule has 126 valence electrons. The summed E-state index contributed by atoms with van der Waals surface area (Å²) in [6, 6.07) is 0.184. The van der Waals surface area contributed by atoms with Crippen molar-refractivity contribution in [2.45, 2.75) is 70.1 Å². The van der Waals surface area contributed by atoms with Crippen molar-refractivity contribution in [3.63, 3.8) is 0 Å². The highest BCUT2D eigenvalue weighted by atomic mass is 32.2. The lowest BCUT2D eigenvalue weighted by molar-refractivity contribution is -0.432. The molecule has 1 amide bonds. The summed E-state index contributed by atoms with van der Waals surface area (Å²) in [6.45, 7) is 5.69. The summed E-state index contributed by atoms with van der Waals surface area (Å²) in [4.78, 5) is 12.5. The average molecular weight is 329 g/mol. The van der Waals surface area contributed by atoms with Gasteiger partial charge in [0, 0.05) is 6.04 Å².